The van der Waals surface area contributed by atoms with Crippen molar-refractivity contribution in [2.45, 2.75) is 38.4 Å². The second-order valence-corrected chi connectivity index (χ2v) is 6.93. The Morgan fingerprint density at radius 1 is 1.21 bits per heavy atom. The van der Waals surface area contributed by atoms with Crippen LogP contribution in [0.4, 0.5) is 0 Å². The molecule has 0 saturated heterocycles. The van der Waals surface area contributed by atoms with Crippen molar-refractivity contribution in [1.29, 1.82) is 0 Å². The smallest absolute Gasteiger partial charge is 0.162 e. The van der Waals surface area contributed by atoms with E-state index < -0.39 is 5.79 Å². The van der Waals surface area contributed by atoms with Crippen molar-refractivity contribution in [2.24, 2.45) is 11.8 Å². The number of hydrogen-bond donors (Lipinski definition) is 2. The minimum atomic E-state index is -1.50. The van der Waals surface area contributed by atoms with Gasteiger partial charge in [0.25, 0.3) is 0 Å². The van der Waals surface area contributed by atoms with Crippen LogP contribution >= 0.6 is 31.9 Å². The zero-order valence-electron chi connectivity index (χ0n) is 8.21. The Balaban J connectivity index is 2.43. The van der Waals surface area contributed by atoms with Gasteiger partial charge in [0.05, 0.1) is 3.39 Å². The number of aliphatic hydroxyl groups is 2. The first-order valence-electron chi connectivity index (χ1n) is 4.87. The highest BCUT2D eigenvalue weighted by Gasteiger charge is 2.32. The van der Waals surface area contributed by atoms with E-state index in [1.54, 1.807) is 0 Å². The second-order valence-electron chi connectivity index (χ2n) is 4.16. The average molecular weight is 328 g/mol. The number of allylic oxidation sites excluding steroid dienone is 1. The summed E-state index contributed by atoms with van der Waals surface area (Å²) >= 11 is 6.69. The Morgan fingerprint density at radius 2 is 1.71 bits per heavy atom. The SMILES string of the molecule is CC(O)(O)C1CCC(C=C(Br)Br)CC1. The van der Waals surface area contributed by atoms with Gasteiger partial charge < -0.3 is 10.2 Å². The van der Waals surface area contributed by atoms with Gasteiger partial charge in [0, 0.05) is 5.92 Å². The first-order valence-corrected chi connectivity index (χ1v) is 6.45. The molecule has 1 rings (SSSR count). The molecule has 1 saturated carbocycles. The van der Waals surface area contributed by atoms with Gasteiger partial charge in [0.15, 0.2) is 5.79 Å². The molecular weight excluding hydrogens is 312 g/mol. The summed E-state index contributed by atoms with van der Waals surface area (Å²) < 4.78 is 0.990. The van der Waals surface area contributed by atoms with Crippen LogP contribution < -0.4 is 0 Å². The summed E-state index contributed by atoms with van der Waals surface area (Å²) in [6, 6.07) is 0. The lowest BCUT2D eigenvalue weighted by Crippen LogP contribution is -2.36. The maximum Gasteiger partial charge on any atom is 0.162 e. The van der Waals surface area contributed by atoms with Crippen molar-refractivity contribution in [3.05, 3.63) is 9.47 Å². The highest BCUT2D eigenvalue weighted by Crippen LogP contribution is 2.36. The Bertz CT molecular complexity index is 209. The van der Waals surface area contributed by atoms with Gasteiger partial charge in [-0.2, -0.15) is 0 Å². The maximum absolute atomic E-state index is 9.43. The molecule has 0 aliphatic heterocycles. The summed E-state index contributed by atoms with van der Waals surface area (Å²) in [4.78, 5) is 0. The molecule has 0 aromatic rings. The summed E-state index contributed by atoms with van der Waals surface area (Å²) in [6.45, 7) is 1.48. The normalized spacial score (nSPS) is 28.6. The van der Waals surface area contributed by atoms with Gasteiger partial charge >= 0.3 is 0 Å². The molecule has 0 heterocycles. The van der Waals surface area contributed by atoms with Crippen molar-refractivity contribution < 1.29 is 10.2 Å². The van der Waals surface area contributed by atoms with Crippen molar-refractivity contribution in [1.82, 2.24) is 0 Å². The molecule has 1 aliphatic carbocycles. The predicted octanol–water partition coefficient (Wildman–Crippen LogP) is 3.12. The molecule has 2 N–H and O–H groups in total. The summed E-state index contributed by atoms with van der Waals surface area (Å²) in [7, 11) is 0. The van der Waals surface area contributed by atoms with E-state index in [0.717, 1.165) is 29.1 Å². The third kappa shape index (κ3) is 4.01. The molecule has 0 radical (unpaired) electrons. The Hall–Kier alpha value is 0.620. The summed E-state index contributed by atoms with van der Waals surface area (Å²) in [5.41, 5.74) is 0. The fraction of sp³-hybridized carbons (Fsp3) is 0.800. The second kappa shape index (κ2) is 5.10. The van der Waals surface area contributed by atoms with Crippen molar-refractivity contribution in [2.75, 3.05) is 0 Å². The highest BCUT2D eigenvalue weighted by atomic mass is 79.9. The quantitative estimate of drug-likeness (QED) is 0.765. The van der Waals surface area contributed by atoms with Gasteiger partial charge in [0.1, 0.15) is 0 Å². The van der Waals surface area contributed by atoms with Crippen molar-refractivity contribution in [3.8, 4) is 0 Å². The van der Waals surface area contributed by atoms with Crippen LogP contribution in [0, 0.1) is 11.8 Å². The fourth-order valence-electron chi connectivity index (χ4n) is 2.01. The summed E-state index contributed by atoms with van der Waals surface area (Å²) in [5, 5.41) is 18.9. The zero-order chi connectivity index (χ0) is 10.8. The molecule has 0 atom stereocenters. The Labute approximate surface area is 102 Å². The molecule has 1 aliphatic rings. The van der Waals surface area contributed by atoms with Crippen LogP contribution in [-0.4, -0.2) is 16.0 Å². The molecule has 0 spiro atoms. The molecule has 14 heavy (non-hydrogen) atoms. The molecule has 0 aromatic heterocycles. The standard InChI is InChI=1S/C10H16Br2O2/c1-10(13,14)8-4-2-7(3-5-8)6-9(11)12/h6-8,13-14H,2-5H2,1H3. The predicted molar refractivity (Wildman–Crippen MR) is 64.2 cm³/mol. The monoisotopic (exact) mass is 326 g/mol. The molecule has 0 unspecified atom stereocenters. The lowest BCUT2D eigenvalue weighted by molar-refractivity contribution is -0.192. The first-order chi connectivity index (χ1) is 6.39. The zero-order valence-corrected chi connectivity index (χ0v) is 11.4. The van der Waals surface area contributed by atoms with Gasteiger partial charge in [-0.3, -0.25) is 0 Å². The maximum atomic E-state index is 9.43. The minimum Gasteiger partial charge on any atom is -0.366 e. The molecular formula is C10H16Br2O2. The van der Waals surface area contributed by atoms with E-state index in [4.69, 9.17) is 0 Å². The van der Waals surface area contributed by atoms with E-state index in [1.165, 1.54) is 6.92 Å². The molecule has 0 aromatic carbocycles. The summed E-state index contributed by atoms with van der Waals surface area (Å²) in [6.07, 6.45) is 5.97. The molecule has 4 heteroatoms. The summed E-state index contributed by atoms with van der Waals surface area (Å²) in [5.74, 6) is -0.913. The van der Waals surface area contributed by atoms with Crippen LogP contribution in [0.25, 0.3) is 0 Å². The molecule has 2 nitrogen and oxygen atoms in total. The van der Waals surface area contributed by atoms with Gasteiger partial charge in [-0.05, 0) is 70.4 Å². The van der Waals surface area contributed by atoms with E-state index in [9.17, 15) is 10.2 Å². The number of halogens is 2. The average Bonchev–Trinajstić information content (AvgIpc) is 2.02. The topological polar surface area (TPSA) is 40.5 Å². The van der Waals surface area contributed by atoms with Gasteiger partial charge in [-0.15, -0.1) is 0 Å². The lowest BCUT2D eigenvalue weighted by Gasteiger charge is -2.33. The third-order valence-electron chi connectivity index (χ3n) is 2.91. The van der Waals surface area contributed by atoms with E-state index in [-0.39, 0.29) is 5.92 Å². The van der Waals surface area contributed by atoms with E-state index >= 15 is 0 Å². The van der Waals surface area contributed by atoms with E-state index in [2.05, 4.69) is 37.9 Å². The van der Waals surface area contributed by atoms with Crippen LogP contribution in [-0.2, 0) is 0 Å². The van der Waals surface area contributed by atoms with Gasteiger partial charge in [0.2, 0.25) is 0 Å². The van der Waals surface area contributed by atoms with Crippen LogP contribution in [0.1, 0.15) is 32.6 Å². The molecule has 0 amide bonds. The number of hydrogen-bond acceptors (Lipinski definition) is 2. The van der Waals surface area contributed by atoms with Crippen molar-refractivity contribution in [3.63, 3.8) is 0 Å². The Kier molecular flexibility index (Phi) is 4.62. The highest BCUT2D eigenvalue weighted by molar-refractivity contribution is 9.28. The first kappa shape index (κ1) is 12.7. The van der Waals surface area contributed by atoms with E-state index in [1.807, 2.05) is 0 Å². The number of rotatable bonds is 2. The van der Waals surface area contributed by atoms with Crippen LogP contribution in [0.3, 0.4) is 0 Å². The van der Waals surface area contributed by atoms with Crippen LogP contribution in [0.5, 0.6) is 0 Å². The fourth-order valence-corrected chi connectivity index (χ4v) is 2.76. The molecule has 82 valence electrons. The molecule has 0 bridgehead atoms. The van der Waals surface area contributed by atoms with E-state index in [0.29, 0.717) is 5.92 Å². The largest absolute Gasteiger partial charge is 0.366 e. The Morgan fingerprint density at radius 3 is 2.07 bits per heavy atom. The van der Waals surface area contributed by atoms with Crippen molar-refractivity contribution >= 4 is 31.9 Å². The van der Waals surface area contributed by atoms with Gasteiger partial charge in [-0.1, -0.05) is 6.08 Å². The molecule has 1 fully saturated rings. The lowest BCUT2D eigenvalue weighted by atomic mass is 9.78. The van der Waals surface area contributed by atoms with Crippen LogP contribution in [0.2, 0.25) is 0 Å². The minimum absolute atomic E-state index is 0.0289. The van der Waals surface area contributed by atoms with Crippen LogP contribution in [0.15, 0.2) is 9.47 Å². The van der Waals surface area contributed by atoms with Gasteiger partial charge in [-0.25, -0.2) is 0 Å². The third-order valence-corrected chi connectivity index (χ3v) is 3.44.